The van der Waals surface area contributed by atoms with Crippen LogP contribution in [0.4, 0.5) is 0 Å². The van der Waals surface area contributed by atoms with Crippen molar-refractivity contribution in [1.82, 2.24) is 9.78 Å². The van der Waals surface area contributed by atoms with Gasteiger partial charge in [-0.25, -0.2) is 4.68 Å². The fraction of sp³-hybridized carbons (Fsp3) is 0.211. The van der Waals surface area contributed by atoms with Gasteiger partial charge in [0.25, 0.3) is 0 Å². The highest BCUT2D eigenvalue weighted by atomic mass is 16.5. The summed E-state index contributed by atoms with van der Waals surface area (Å²) in [6.07, 6.45) is 4.08. The molecule has 0 aliphatic heterocycles. The van der Waals surface area contributed by atoms with Crippen molar-refractivity contribution < 1.29 is 4.74 Å². The number of aromatic nitrogens is 2. The number of para-hydroxylation sites is 1. The number of methoxy groups -OCH3 is 1. The average molecular weight is 290 g/mol. The molecule has 0 saturated carbocycles. The topological polar surface area (TPSA) is 27.1 Å². The fourth-order valence-corrected chi connectivity index (χ4v) is 3.24. The molecule has 1 heterocycles. The van der Waals surface area contributed by atoms with E-state index < -0.39 is 0 Å². The Balaban J connectivity index is 1.93. The predicted octanol–water partition coefficient (Wildman–Crippen LogP) is 3.95. The van der Waals surface area contributed by atoms with Crippen LogP contribution >= 0.6 is 0 Å². The summed E-state index contributed by atoms with van der Waals surface area (Å²) in [5.74, 6) is 0.921. The van der Waals surface area contributed by atoms with Gasteiger partial charge >= 0.3 is 0 Å². The highest BCUT2D eigenvalue weighted by Crippen LogP contribution is 2.37. The van der Waals surface area contributed by atoms with Crippen molar-refractivity contribution >= 4 is 0 Å². The SMILES string of the molecule is COc1ccc2c(c1)CCc1cnn(-c3ccccc3C)c1-2. The molecule has 0 unspecified atom stereocenters. The molecule has 0 amide bonds. The van der Waals surface area contributed by atoms with Crippen molar-refractivity contribution in [3.63, 3.8) is 0 Å². The minimum atomic E-state index is 0.921. The summed E-state index contributed by atoms with van der Waals surface area (Å²) in [5, 5.41) is 4.66. The van der Waals surface area contributed by atoms with E-state index in [4.69, 9.17) is 4.74 Å². The van der Waals surface area contributed by atoms with Crippen molar-refractivity contribution in [3.8, 4) is 22.7 Å². The molecule has 0 atom stereocenters. The molecule has 4 rings (SSSR count). The van der Waals surface area contributed by atoms with Crippen LogP contribution in [0.3, 0.4) is 0 Å². The van der Waals surface area contributed by atoms with E-state index in [1.165, 1.54) is 27.9 Å². The minimum Gasteiger partial charge on any atom is -0.497 e. The number of ether oxygens (including phenoxy) is 1. The first-order valence-corrected chi connectivity index (χ1v) is 7.58. The van der Waals surface area contributed by atoms with E-state index in [9.17, 15) is 0 Å². The van der Waals surface area contributed by atoms with Gasteiger partial charge in [-0.2, -0.15) is 5.10 Å². The Kier molecular flexibility index (Phi) is 3.00. The summed E-state index contributed by atoms with van der Waals surface area (Å²) in [7, 11) is 1.72. The third-order valence-electron chi connectivity index (χ3n) is 4.42. The lowest BCUT2D eigenvalue weighted by Crippen LogP contribution is -2.08. The van der Waals surface area contributed by atoms with Crippen LogP contribution in [-0.4, -0.2) is 16.9 Å². The molecule has 3 aromatic rings. The molecular formula is C19H18N2O. The molecule has 0 radical (unpaired) electrons. The van der Waals surface area contributed by atoms with Crippen LogP contribution in [0.1, 0.15) is 16.7 Å². The van der Waals surface area contributed by atoms with E-state index in [0.29, 0.717) is 0 Å². The molecule has 0 spiro atoms. The summed E-state index contributed by atoms with van der Waals surface area (Å²) in [6.45, 7) is 2.13. The number of aryl methyl sites for hydroxylation is 3. The lowest BCUT2D eigenvalue weighted by molar-refractivity contribution is 0.414. The largest absolute Gasteiger partial charge is 0.497 e. The zero-order valence-electron chi connectivity index (χ0n) is 12.8. The maximum atomic E-state index is 5.36. The average Bonchev–Trinajstić information content (AvgIpc) is 2.99. The number of rotatable bonds is 2. The molecular weight excluding hydrogens is 272 g/mol. The van der Waals surface area contributed by atoms with Crippen LogP contribution in [-0.2, 0) is 12.8 Å². The lowest BCUT2D eigenvalue weighted by Gasteiger charge is -2.20. The van der Waals surface area contributed by atoms with Crippen molar-refractivity contribution in [2.24, 2.45) is 0 Å². The molecule has 22 heavy (non-hydrogen) atoms. The molecule has 1 aliphatic rings. The third kappa shape index (κ3) is 1.93. The van der Waals surface area contributed by atoms with Crippen molar-refractivity contribution in [2.45, 2.75) is 19.8 Å². The number of nitrogens with zero attached hydrogens (tertiary/aromatic N) is 2. The second-order valence-electron chi connectivity index (χ2n) is 5.74. The first-order valence-electron chi connectivity index (χ1n) is 7.58. The predicted molar refractivity (Wildman–Crippen MR) is 87.7 cm³/mol. The van der Waals surface area contributed by atoms with Crippen LogP contribution in [0.15, 0.2) is 48.7 Å². The molecule has 0 fully saturated rings. The van der Waals surface area contributed by atoms with Gasteiger partial charge in [-0.3, -0.25) is 0 Å². The minimum absolute atomic E-state index is 0.921. The van der Waals surface area contributed by atoms with E-state index >= 15 is 0 Å². The molecule has 0 bridgehead atoms. The van der Waals surface area contributed by atoms with Crippen molar-refractivity contribution in [2.75, 3.05) is 7.11 Å². The van der Waals surface area contributed by atoms with Gasteiger partial charge < -0.3 is 4.74 Å². The van der Waals surface area contributed by atoms with Gasteiger partial charge in [0.1, 0.15) is 5.75 Å². The molecule has 0 N–H and O–H groups in total. The zero-order valence-corrected chi connectivity index (χ0v) is 12.8. The Hall–Kier alpha value is -2.55. The Bertz CT molecular complexity index is 848. The third-order valence-corrected chi connectivity index (χ3v) is 4.42. The summed E-state index contributed by atoms with van der Waals surface area (Å²) < 4.78 is 7.44. The molecule has 2 aromatic carbocycles. The van der Waals surface area contributed by atoms with E-state index in [-0.39, 0.29) is 0 Å². The first kappa shape index (κ1) is 13.1. The van der Waals surface area contributed by atoms with E-state index in [1.807, 2.05) is 12.3 Å². The van der Waals surface area contributed by atoms with Crippen molar-refractivity contribution in [3.05, 3.63) is 65.4 Å². The highest BCUT2D eigenvalue weighted by molar-refractivity contribution is 5.72. The molecule has 0 saturated heterocycles. The first-order chi connectivity index (χ1) is 10.8. The zero-order chi connectivity index (χ0) is 15.1. The van der Waals surface area contributed by atoms with Crippen molar-refractivity contribution in [1.29, 1.82) is 0 Å². The standard InChI is InChI=1S/C19H18N2O/c1-13-5-3-4-6-18(13)21-19-15(12-20-21)8-7-14-11-16(22-2)9-10-17(14)19/h3-6,9-12H,7-8H2,1-2H3. The maximum Gasteiger partial charge on any atom is 0.119 e. The summed E-state index contributed by atoms with van der Waals surface area (Å²) in [6, 6.07) is 14.7. The number of fused-ring (bicyclic) bond motifs is 3. The van der Waals surface area contributed by atoms with E-state index in [1.54, 1.807) is 7.11 Å². The summed E-state index contributed by atoms with van der Waals surface area (Å²) in [5.41, 5.74) is 7.52. The molecule has 1 aliphatic carbocycles. The second kappa shape index (κ2) is 5.02. The van der Waals surface area contributed by atoms with Gasteiger partial charge in [-0.05, 0) is 60.7 Å². The van der Waals surface area contributed by atoms with E-state index in [2.05, 4.69) is 53.1 Å². The Morgan fingerprint density at radius 3 is 2.68 bits per heavy atom. The fourth-order valence-electron chi connectivity index (χ4n) is 3.24. The Morgan fingerprint density at radius 1 is 1.05 bits per heavy atom. The van der Waals surface area contributed by atoms with Crippen LogP contribution < -0.4 is 4.74 Å². The molecule has 1 aromatic heterocycles. The summed E-state index contributed by atoms with van der Waals surface area (Å²) in [4.78, 5) is 0. The van der Waals surface area contributed by atoms with Gasteiger partial charge in [0.05, 0.1) is 24.7 Å². The van der Waals surface area contributed by atoms with Crippen LogP contribution in [0, 0.1) is 6.92 Å². The number of hydrogen-bond donors (Lipinski definition) is 0. The van der Waals surface area contributed by atoms with Gasteiger partial charge in [-0.15, -0.1) is 0 Å². The quantitative estimate of drug-likeness (QED) is 0.714. The van der Waals surface area contributed by atoms with Gasteiger partial charge in [-0.1, -0.05) is 18.2 Å². The van der Waals surface area contributed by atoms with Crippen LogP contribution in [0.5, 0.6) is 5.75 Å². The highest BCUT2D eigenvalue weighted by Gasteiger charge is 2.22. The maximum absolute atomic E-state index is 5.36. The smallest absolute Gasteiger partial charge is 0.119 e. The van der Waals surface area contributed by atoms with Gasteiger partial charge in [0, 0.05) is 5.56 Å². The molecule has 3 nitrogen and oxygen atoms in total. The second-order valence-corrected chi connectivity index (χ2v) is 5.74. The Morgan fingerprint density at radius 2 is 1.86 bits per heavy atom. The van der Waals surface area contributed by atoms with Crippen LogP contribution in [0.2, 0.25) is 0 Å². The normalized spacial score (nSPS) is 12.6. The molecule has 3 heteroatoms. The van der Waals surface area contributed by atoms with Gasteiger partial charge in [0.2, 0.25) is 0 Å². The lowest BCUT2D eigenvalue weighted by atomic mass is 9.90. The molecule has 110 valence electrons. The number of benzene rings is 2. The number of hydrogen-bond acceptors (Lipinski definition) is 2. The van der Waals surface area contributed by atoms with Gasteiger partial charge in [0.15, 0.2) is 0 Å². The van der Waals surface area contributed by atoms with Crippen LogP contribution in [0.25, 0.3) is 16.9 Å². The Labute approximate surface area is 130 Å². The summed E-state index contributed by atoms with van der Waals surface area (Å²) >= 11 is 0. The van der Waals surface area contributed by atoms with E-state index in [0.717, 1.165) is 24.3 Å². The monoisotopic (exact) mass is 290 g/mol.